The van der Waals surface area contributed by atoms with Gasteiger partial charge < -0.3 is 28.8 Å². The molecule has 0 aliphatic carbocycles. The number of aliphatic hydroxyl groups is 1. The predicted molar refractivity (Wildman–Crippen MR) is 85.2 cm³/mol. The molecule has 2 aliphatic rings. The van der Waals surface area contributed by atoms with E-state index in [0.29, 0.717) is 35.2 Å². The second-order valence-electron chi connectivity index (χ2n) is 5.73. The fraction of sp³-hybridized carbons (Fsp3) is 0.333. The van der Waals surface area contributed by atoms with Gasteiger partial charge in [0.05, 0.1) is 20.3 Å². The Morgan fingerprint density at radius 2 is 1.83 bits per heavy atom. The first-order valence-electron chi connectivity index (χ1n) is 7.68. The lowest BCUT2D eigenvalue weighted by Gasteiger charge is -2.32. The van der Waals surface area contributed by atoms with Crippen molar-refractivity contribution in [1.82, 2.24) is 0 Å². The Balaban J connectivity index is 1.71. The molecule has 0 bridgehead atoms. The quantitative estimate of drug-likeness (QED) is 0.933. The summed E-state index contributed by atoms with van der Waals surface area (Å²) >= 11 is 0. The van der Waals surface area contributed by atoms with Gasteiger partial charge in [-0.15, -0.1) is 0 Å². The third-order valence-corrected chi connectivity index (χ3v) is 4.34. The standard InChI is InChI=1S/C18H18O6/c1-20-11-6-15(21-2)12-8-13(19)18(24-16(12)7-11)10-3-4-14-17(5-10)23-9-22-14/h3-7,13,18-19H,8-9H2,1-2H3/t13-,18+/m0/s1. The number of rotatable bonds is 3. The van der Waals surface area contributed by atoms with Crippen molar-refractivity contribution in [2.24, 2.45) is 0 Å². The highest BCUT2D eigenvalue weighted by Gasteiger charge is 2.33. The molecule has 0 amide bonds. The maximum absolute atomic E-state index is 10.6. The summed E-state index contributed by atoms with van der Waals surface area (Å²) in [4.78, 5) is 0. The van der Waals surface area contributed by atoms with Gasteiger partial charge in [-0.3, -0.25) is 0 Å². The predicted octanol–water partition coefficient (Wildman–Crippen LogP) is 2.47. The van der Waals surface area contributed by atoms with Crippen LogP contribution in [0.25, 0.3) is 0 Å². The van der Waals surface area contributed by atoms with Gasteiger partial charge in [0.15, 0.2) is 11.5 Å². The normalized spacial score (nSPS) is 21.0. The first-order valence-corrected chi connectivity index (χ1v) is 7.68. The van der Waals surface area contributed by atoms with Crippen LogP contribution < -0.4 is 23.7 Å². The molecular weight excluding hydrogens is 312 g/mol. The Morgan fingerprint density at radius 1 is 1.00 bits per heavy atom. The Bertz CT molecular complexity index is 772. The molecule has 0 saturated heterocycles. The molecule has 6 heteroatoms. The summed E-state index contributed by atoms with van der Waals surface area (Å²) in [5.41, 5.74) is 1.67. The van der Waals surface area contributed by atoms with Crippen LogP contribution in [0.3, 0.4) is 0 Å². The highest BCUT2D eigenvalue weighted by atomic mass is 16.7. The number of hydrogen-bond donors (Lipinski definition) is 1. The largest absolute Gasteiger partial charge is 0.496 e. The molecule has 2 aromatic carbocycles. The van der Waals surface area contributed by atoms with Crippen molar-refractivity contribution in [1.29, 1.82) is 0 Å². The Hall–Kier alpha value is -2.60. The highest BCUT2D eigenvalue weighted by molar-refractivity contribution is 5.53. The van der Waals surface area contributed by atoms with Crippen molar-refractivity contribution < 1.29 is 28.8 Å². The van der Waals surface area contributed by atoms with Crippen molar-refractivity contribution in [3.05, 3.63) is 41.5 Å². The highest BCUT2D eigenvalue weighted by Crippen LogP contribution is 2.44. The molecule has 2 heterocycles. The summed E-state index contributed by atoms with van der Waals surface area (Å²) in [6, 6.07) is 9.15. The third-order valence-electron chi connectivity index (χ3n) is 4.34. The number of benzene rings is 2. The van der Waals surface area contributed by atoms with E-state index in [0.717, 1.165) is 11.1 Å². The van der Waals surface area contributed by atoms with E-state index >= 15 is 0 Å². The number of fused-ring (bicyclic) bond motifs is 2. The average Bonchev–Trinajstić information content (AvgIpc) is 3.08. The number of methoxy groups -OCH3 is 2. The van der Waals surface area contributed by atoms with Crippen LogP contribution in [-0.2, 0) is 6.42 Å². The van der Waals surface area contributed by atoms with Crippen molar-refractivity contribution in [3.63, 3.8) is 0 Å². The summed E-state index contributed by atoms with van der Waals surface area (Å²) in [6.45, 7) is 0.212. The second kappa shape index (κ2) is 5.79. The molecule has 1 N–H and O–H groups in total. The smallest absolute Gasteiger partial charge is 0.231 e. The minimum Gasteiger partial charge on any atom is -0.496 e. The second-order valence-corrected chi connectivity index (χ2v) is 5.73. The van der Waals surface area contributed by atoms with Crippen LogP contribution in [0, 0.1) is 0 Å². The van der Waals surface area contributed by atoms with Crippen LogP contribution in [0.1, 0.15) is 17.2 Å². The molecule has 2 atom stereocenters. The zero-order valence-corrected chi connectivity index (χ0v) is 13.4. The maximum Gasteiger partial charge on any atom is 0.231 e. The molecule has 0 aromatic heterocycles. The van der Waals surface area contributed by atoms with E-state index in [1.165, 1.54) is 0 Å². The summed E-state index contributed by atoms with van der Waals surface area (Å²) in [7, 11) is 3.18. The Morgan fingerprint density at radius 3 is 2.62 bits per heavy atom. The fourth-order valence-electron chi connectivity index (χ4n) is 3.11. The molecule has 0 radical (unpaired) electrons. The molecule has 0 unspecified atom stereocenters. The van der Waals surface area contributed by atoms with Crippen LogP contribution in [0.2, 0.25) is 0 Å². The van der Waals surface area contributed by atoms with E-state index in [1.54, 1.807) is 20.3 Å². The van der Waals surface area contributed by atoms with Gasteiger partial charge in [0.1, 0.15) is 23.4 Å². The first-order chi connectivity index (χ1) is 11.7. The molecule has 0 fully saturated rings. The third kappa shape index (κ3) is 2.39. The Kier molecular flexibility index (Phi) is 3.61. The maximum atomic E-state index is 10.6. The topological polar surface area (TPSA) is 66.4 Å². The molecule has 0 saturated carbocycles. The SMILES string of the molecule is COc1cc(OC)c2c(c1)O[C@H](c1ccc3c(c1)OCO3)[C@@H](O)C2. The van der Waals surface area contributed by atoms with Gasteiger partial charge >= 0.3 is 0 Å². The van der Waals surface area contributed by atoms with E-state index in [9.17, 15) is 5.11 Å². The van der Waals surface area contributed by atoms with Gasteiger partial charge in [0.2, 0.25) is 6.79 Å². The zero-order valence-electron chi connectivity index (χ0n) is 13.4. The fourth-order valence-corrected chi connectivity index (χ4v) is 3.11. The van der Waals surface area contributed by atoms with Gasteiger partial charge in [0, 0.05) is 24.1 Å². The van der Waals surface area contributed by atoms with E-state index < -0.39 is 12.2 Å². The van der Waals surface area contributed by atoms with Crippen LogP contribution in [0.15, 0.2) is 30.3 Å². The van der Waals surface area contributed by atoms with E-state index in [4.69, 9.17) is 23.7 Å². The average molecular weight is 330 g/mol. The zero-order chi connectivity index (χ0) is 16.7. The van der Waals surface area contributed by atoms with Crippen LogP contribution >= 0.6 is 0 Å². The summed E-state index contributed by atoms with van der Waals surface area (Å²) in [6.07, 6.45) is -0.759. The lowest BCUT2D eigenvalue weighted by molar-refractivity contribution is 0.0197. The lowest BCUT2D eigenvalue weighted by Crippen LogP contribution is -2.30. The van der Waals surface area contributed by atoms with Gasteiger partial charge in [-0.25, -0.2) is 0 Å². The molecule has 126 valence electrons. The summed E-state index contributed by atoms with van der Waals surface area (Å²) in [5, 5.41) is 10.6. The van der Waals surface area contributed by atoms with Crippen molar-refractivity contribution >= 4 is 0 Å². The van der Waals surface area contributed by atoms with Crippen molar-refractivity contribution in [3.8, 4) is 28.7 Å². The molecule has 6 nitrogen and oxygen atoms in total. The van der Waals surface area contributed by atoms with Crippen LogP contribution in [0.5, 0.6) is 28.7 Å². The van der Waals surface area contributed by atoms with Gasteiger partial charge in [-0.2, -0.15) is 0 Å². The first kappa shape index (κ1) is 15.0. The minimum atomic E-state index is -0.694. The molecule has 2 aromatic rings. The Labute approximate surface area is 139 Å². The molecule has 2 aliphatic heterocycles. The van der Waals surface area contributed by atoms with E-state index in [1.807, 2.05) is 24.3 Å². The summed E-state index contributed by atoms with van der Waals surface area (Å²) in [5.74, 6) is 3.31. The summed E-state index contributed by atoms with van der Waals surface area (Å²) < 4.78 is 27.5. The van der Waals surface area contributed by atoms with Crippen LogP contribution in [-0.4, -0.2) is 32.2 Å². The molecule has 24 heavy (non-hydrogen) atoms. The molecule has 0 spiro atoms. The van der Waals surface area contributed by atoms with E-state index in [-0.39, 0.29) is 6.79 Å². The van der Waals surface area contributed by atoms with Gasteiger partial charge in [-0.1, -0.05) is 6.07 Å². The van der Waals surface area contributed by atoms with Crippen LogP contribution in [0.4, 0.5) is 0 Å². The number of aliphatic hydroxyl groups excluding tert-OH is 1. The van der Waals surface area contributed by atoms with Crippen molar-refractivity contribution in [2.45, 2.75) is 18.6 Å². The molecular formula is C18H18O6. The lowest BCUT2D eigenvalue weighted by atomic mass is 9.94. The van der Waals surface area contributed by atoms with Gasteiger partial charge in [-0.05, 0) is 17.7 Å². The monoisotopic (exact) mass is 330 g/mol. The van der Waals surface area contributed by atoms with Crippen molar-refractivity contribution in [2.75, 3.05) is 21.0 Å². The number of ether oxygens (including phenoxy) is 5. The minimum absolute atomic E-state index is 0.212. The molecule has 4 rings (SSSR count). The number of hydrogen-bond acceptors (Lipinski definition) is 6. The van der Waals surface area contributed by atoms with E-state index in [2.05, 4.69) is 0 Å². The van der Waals surface area contributed by atoms with Gasteiger partial charge in [0.25, 0.3) is 0 Å².